The van der Waals surface area contributed by atoms with Gasteiger partial charge >= 0.3 is 5.97 Å². The number of hydrogen-bond acceptors (Lipinski definition) is 2. The van der Waals surface area contributed by atoms with Crippen LogP contribution in [0.2, 0.25) is 0 Å². The summed E-state index contributed by atoms with van der Waals surface area (Å²) in [6.45, 7) is 8.13. The normalized spacial score (nSPS) is 10.1. The van der Waals surface area contributed by atoms with E-state index < -0.39 is 0 Å². The number of hydrogen-bond donors (Lipinski definition) is 1. The van der Waals surface area contributed by atoms with Crippen LogP contribution in [-0.2, 0) is 9.53 Å². The lowest BCUT2D eigenvalue weighted by Gasteiger charge is -2.03. The summed E-state index contributed by atoms with van der Waals surface area (Å²) >= 11 is 0. The first-order valence-corrected chi connectivity index (χ1v) is 9.42. The SMILES string of the molecule is C=CC(=O)OCC[NH2+]CCCCCCCCCCCCCC.[Br-]. The summed E-state index contributed by atoms with van der Waals surface area (Å²) in [6.07, 6.45) is 17.9. The average Bonchev–Trinajstić information content (AvgIpc) is 2.54. The van der Waals surface area contributed by atoms with Crippen LogP contribution in [0.15, 0.2) is 12.7 Å². The Morgan fingerprint density at radius 1 is 0.870 bits per heavy atom. The van der Waals surface area contributed by atoms with Gasteiger partial charge in [0, 0.05) is 6.08 Å². The number of carbonyl (C=O) groups excluding carboxylic acids is 1. The van der Waals surface area contributed by atoms with Crippen LogP contribution >= 0.6 is 0 Å². The van der Waals surface area contributed by atoms with Crippen LogP contribution in [0, 0.1) is 0 Å². The first kappa shape index (κ1) is 24.9. The third-order valence-corrected chi connectivity index (χ3v) is 3.99. The molecule has 0 aliphatic heterocycles. The highest BCUT2D eigenvalue weighted by atomic mass is 79.9. The van der Waals surface area contributed by atoms with Gasteiger partial charge in [-0.05, 0) is 12.8 Å². The Kier molecular flexibility index (Phi) is 23.4. The molecule has 0 fully saturated rings. The van der Waals surface area contributed by atoms with E-state index in [-0.39, 0.29) is 23.0 Å². The smallest absolute Gasteiger partial charge is 0.330 e. The maximum absolute atomic E-state index is 10.8. The standard InChI is InChI=1S/C19H37NO2.BrH/c1-3-5-6-7-8-9-10-11-12-13-14-15-16-20-17-18-22-19(21)4-2;/h4,20H,2-3,5-18H2,1H3;1H. The van der Waals surface area contributed by atoms with Gasteiger partial charge < -0.3 is 27.0 Å². The summed E-state index contributed by atoms with van der Waals surface area (Å²) < 4.78 is 4.92. The highest BCUT2D eigenvalue weighted by Gasteiger charge is 1.97. The molecule has 138 valence electrons. The van der Waals surface area contributed by atoms with Crippen LogP contribution < -0.4 is 22.3 Å². The number of esters is 1. The molecule has 4 heteroatoms. The first-order valence-electron chi connectivity index (χ1n) is 9.42. The molecule has 0 rings (SSSR count). The van der Waals surface area contributed by atoms with Crippen molar-refractivity contribution in [1.82, 2.24) is 0 Å². The summed E-state index contributed by atoms with van der Waals surface area (Å²) in [5.41, 5.74) is 0. The van der Waals surface area contributed by atoms with Gasteiger partial charge in [-0.25, -0.2) is 4.79 Å². The van der Waals surface area contributed by atoms with Crippen molar-refractivity contribution in [2.45, 2.75) is 84.0 Å². The van der Waals surface area contributed by atoms with Crippen molar-refractivity contribution in [3.63, 3.8) is 0 Å². The zero-order chi connectivity index (χ0) is 16.3. The molecule has 0 saturated carbocycles. The summed E-state index contributed by atoms with van der Waals surface area (Å²) in [5, 5.41) is 2.23. The quantitative estimate of drug-likeness (QED) is 0.228. The number of halogens is 1. The third-order valence-electron chi connectivity index (χ3n) is 3.99. The van der Waals surface area contributed by atoms with Gasteiger partial charge in [-0.1, -0.05) is 77.7 Å². The van der Waals surface area contributed by atoms with Crippen LogP contribution in [0.1, 0.15) is 84.0 Å². The third kappa shape index (κ3) is 21.6. The predicted molar refractivity (Wildman–Crippen MR) is 93.9 cm³/mol. The molecular formula is C19H38BrNO2. The number of unbranched alkanes of at least 4 members (excludes halogenated alkanes) is 11. The monoisotopic (exact) mass is 391 g/mol. The molecule has 0 unspecified atom stereocenters. The highest BCUT2D eigenvalue weighted by molar-refractivity contribution is 5.81. The average molecular weight is 392 g/mol. The molecule has 0 aliphatic carbocycles. The van der Waals surface area contributed by atoms with Crippen molar-refractivity contribution < 1.29 is 31.8 Å². The van der Waals surface area contributed by atoms with E-state index in [0.717, 1.165) is 13.1 Å². The van der Waals surface area contributed by atoms with Crippen molar-refractivity contribution >= 4 is 5.97 Å². The van der Waals surface area contributed by atoms with E-state index in [9.17, 15) is 4.79 Å². The van der Waals surface area contributed by atoms with Gasteiger partial charge in [-0.2, -0.15) is 0 Å². The number of carbonyl (C=O) groups is 1. The second-order valence-corrected chi connectivity index (χ2v) is 6.13. The molecule has 0 aliphatic rings. The molecule has 0 aromatic carbocycles. The molecule has 0 atom stereocenters. The number of ether oxygens (including phenoxy) is 1. The lowest BCUT2D eigenvalue weighted by Crippen LogP contribution is -3.00. The number of quaternary nitrogens is 1. The Hall–Kier alpha value is -0.350. The summed E-state index contributed by atoms with van der Waals surface area (Å²) in [4.78, 5) is 10.8. The molecule has 0 saturated heterocycles. The molecule has 0 aromatic rings. The van der Waals surface area contributed by atoms with Crippen molar-refractivity contribution in [2.75, 3.05) is 19.7 Å². The zero-order valence-electron chi connectivity index (χ0n) is 15.2. The van der Waals surface area contributed by atoms with Crippen molar-refractivity contribution in [2.24, 2.45) is 0 Å². The zero-order valence-corrected chi connectivity index (χ0v) is 16.7. The van der Waals surface area contributed by atoms with E-state index in [4.69, 9.17) is 4.74 Å². The Morgan fingerprint density at radius 3 is 1.83 bits per heavy atom. The topological polar surface area (TPSA) is 42.9 Å². The highest BCUT2D eigenvalue weighted by Crippen LogP contribution is 2.11. The van der Waals surface area contributed by atoms with E-state index in [1.165, 1.54) is 83.1 Å². The van der Waals surface area contributed by atoms with Gasteiger partial charge in [0.2, 0.25) is 0 Å². The maximum atomic E-state index is 10.8. The van der Waals surface area contributed by atoms with Crippen molar-refractivity contribution in [1.29, 1.82) is 0 Å². The molecule has 0 radical (unpaired) electrons. The fourth-order valence-corrected chi connectivity index (χ4v) is 2.58. The molecule has 0 bridgehead atoms. The lowest BCUT2D eigenvalue weighted by molar-refractivity contribution is -0.656. The van der Waals surface area contributed by atoms with Gasteiger partial charge in [0.25, 0.3) is 0 Å². The van der Waals surface area contributed by atoms with E-state index in [1.807, 2.05) is 0 Å². The van der Waals surface area contributed by atoms with E-state index in [0.29, 0.717) is 6.61 Å². The van der Waals surface area contributed by atoms with Crippen LogP contribution in [0.5, 0.6) is 0 Å². The van der Waals surface area contributed by atoms with Gasteiger partial charge in [-0.15, -0.1) is 0 Å². The first-order chi connectivity index (χ1) is 10.8. The Labute approximate surface area is 154 Å². The molecule has 23 heavy (non-hydrogen) atoms. The van der Waals surface area contributed by atoms with Gasteiger partial charge in [0.15, 0.2) is 0 Å². The van der Waals surface area contributed by atoms with E-state index in [1.54, 1.807) is 0 Å². The maximum Gasteiger partial charge on any atom is 0.330 e. The fraction of sp³-hybridized carbons (Fsp3) is 0.842. The summed E-state index contributed by atoms with van der Waals surface area (Å²) in [7, 11) is 0. The number of rotatable bonds is 17. The summed E-state index contributed by atoms with van der Waals surface area (Å²) in [6, 6.07) is 0. The predicted octanol–water partition coefficient (Wildman–Crippen LogP) is 0.984. The summed E-state index contributed by atoms with van der Waals surface area (Å²) in [5.74, 6) is -0.321. The molecule has 0 heterocycles. The van der Waals surface area contributed by atoms with Gasteiger partial charge in [0.1, 0.15) is 13.2 Å². The molecule has 0 aromatic heterocycles. The minimum atomic E-state index is -0.321. The van der Waals surface area contributed by atoms with Crippen LogP contribution in [0.4, 0.5) is 0 Å². The van der Waals surface area contributed by atoms with Gasteiger partial charge in [-0.3, -0.25) is 0 Å². The Balaban J connectivity index is 0. The lowest BCUT2D eigenvalue weighted by atomic mass is 10.1. The van der Waals surface area contributed by atoms with E-state index >= 15 is 0 Å². The molecule has 3 nitrogen and oxygen atoms in total. The Bertz CT molecular complexity index is 260. The van der Waals surface area contributed by atoms with Crippen LogP contribution in [-0.4, -0.2) is 25.7 Å². The fourth-order valence-electron chi connectivity index (χ4n) is 2.58. The largest absolute Gasteiger partial charge is 1.00 e. The van der Waals surface area contributed by atoms with Crippen molar-refractivity contribution in [3.8, 4) is 0 Å². The van der Waals surface area contributed by atoms with Crippen molar-refractivity contribution in [3.05, 3.63) is 12.7 Å². The number of nitrogens with two attached hydrogens (primary N) is 1. The minimum Gasteiger partial charge on any atom is -1.00 e. The van der Waals surface area contributed by atoms with Crippen LogP contribution in [0.3, 0.4) is 0 Å². The molecule has 2 N–H and O–H groups in total. The Morgan fingerprint density at radius 2 is 1.35 bits per heavy atom. The molecule has 0 spiro atoms. The van der Waals surface area contributed by atoms with E-state index in [2.05, 4.69) is 18.8 Å². The second-order valence-electron chi connectivity index (χ2n) is 6.13. The van der Waals surface area contributed by atoms with Crippen LogP contribution in [0.25, 0.3) is 0 Å². The second kappa shape index (κ2) is 21.6. The minimum absolute atomic E-state index is 0. The molecule has 0 amide bonds. The van der Waals surface area contributed by atoms with Gasteiger partial charge in [0.05, 0.1) is 6.54 Å². The molecular weight excluding hydrogens is 354 g/mol.